The minimum Gasteiger partial charge on any atom is -0.733 e. The van der Waals surface area contributed by atoms with E-state index >= 15 is 0 Å². The van der Waals surface area contributed by atoms with E-state index in [0.717, 1.165) is 4.88 Å². The van der Waals surface area contributed by atoms with Crippen LogP contribution in [0.25, 0.3) is 0 Å². The number of benzene rings is 1. The Morgan fingerprint density at radius 3 is 2.79 bits per heavy atom. The van der Waals surface area contributed by atoms with Gasteiger partial charge in [0, 0.05) is 16.9 Å². The third-order valence-corrected chi connectivity index (χ3v) is 3.44. The van der Waals surface area contributed by atoms with Crippen LogP contribution in [0, 0.1) is 5.21 Å². The molecule has 0 aliphatic rings. The molecule has 0 aliphatic carbocycles. The molecule has 0 fully saturated rings. The highest BCUT2D eigenvalue weighted by Crippen LogP contribution is 2.30. The van der Waals surface area contributed by atoms with Gasteiger partial charge in [-0.05, 0) is 29.6 Å². The summed E-state index contributed by atoms with van der Waals surface area (Å²) in [7, 11) is 1.68. The van der Waals surface area contributed by atoms with E-state index in [1.54, 1.807) is 36.7 Å². The summed E-state index contributed by atoms with van der Waals surface area (Å²) in [5, 5.41) is 28.0. The van der Waals surface area contributed by atoms with Gasteiger partial charge in [0.05, 0.1) is 17.6 Å². The van der Waals surface area contributed by atoms with Gasteiger partial charge in [0.2, 0.25) is 0 Å². The zero-order valence-corrected chi connectivity index (χ0v) is 11.6. The monoisotopic (exact) mass is 296 g/mol. The molecule has 0 atom stereocenters. The summed E-state index contributed by atoms with van der Waals surface area (Å²) in [5.74, 6) is 0. The van der Waals surface area contributed by atoms with Gasteiger partial charge in [-0.1, -0.05) is 17.7 Å². The summed E-state index contributed by atoms with van der Waals surface area (Å²) in [4.78, 5) is 0.991. The van der Waals surface area contributed by atoms with Gasteiger partial charge in [-0.2, -0.15) is 5.10 Å². The number of rotatable bonds is 4. The smallest absolute Gasteiger partial charge is 0.0838 e. The van der Waals surface area contributed by atoms with Gasteiger partial charge in [-0.3, -0.25) is 10.2 Å². The summed E-state index contributed by atoms with van der Waals surface area (Å²) in [5.41, 5.74) is 0.494. The van der Waals surface area contributed by atoms with Crippen molar-refractivity contribution in [2.45, 2.75) is 0 Å². The van der Waals surface area contributed by atoms with Crippen LogP contribution in [0.5, 0.6) is 0 Å². The molecular formula is C12H11ClN3O2S-. The van der Waals surface area contributed by atoms with Gasteiger partial charge < -0.3 is 10.4 Å². The molecule has 0 unspecified atom stereocenters. The summed E-state index contributed by atoms with van der Waals surface area (Å²) in [6.07, 6.45) is 1.68. The van der Waals surface area contributed by atoms with Gasteiger partial charge in [0.1, 0.15) is 0 Å². The van der Waals surface area contributed by atoms with Gasteiger partial charge in [-0.15, -0.1) is 11.3 Å². The Morgan fingerprint density at radius 1 is 1.37 bits per heavy atom. The van der Waals surface area contributed by atoms with Crippen molar-refractivity contribution in [3.63, 3.8) is 0 Å². The molecule has 19 heavy (non-hydrogen) atoms. The van der Waals surface area contributed by atoms with E-state index in [4.69, 9.17) is 16.8 Å². The third-order valence-electron chi connectivity index (χ3n) is 2.39. The average molecular weight is 297 g/mol. The van der Waals surface area contributed by atoms with Crippen LogP contribution in [0.15, 0.2) is 40.8 Å². The summed E-state index contributed by atoms with van der Waals surface area (Å²) in [6, 6.07) is 8.47. The molecule has 0 saturated heterocycles. The quantitative estimate of drug-likeness (QED) is 0.692. The Kier molecular flexibility index (Phi) is 4.39. The summed E-state index contributed by atoms with van der Waals surface area (Å²) < 4.78 is 0. The molecule has 100 valence electrons. The lowest BCUT2D eigenvalue weighted by atomic mass is 10.2. The van der Waals surface area contributed by atoms with Crippen molar-refractivity contribution in [3.05, 3.63) is 50.8 Å². The molecule has 1 heterocycles. The van der Waals surface area contributed by atoms with Gasteiger partial charge in [0.15, 0.2) is 0 Å². The van der Waals surface area contributed by atoms with Gasteiger partial charge in [-0.25, -0.2) is 0 Å². The SMILES string of the molecule is CN(/N=C/c1cccs1)c1ccc(Cl)cc1N([O-])O. The standard InChI is InChI=1S/C12H11ClN3O2S/c1-15(14-8-10-3-2-6-19-10)11-5-4-9(13)7-12(11)16(17)18/h2-8,17H,1H3/q-1/b14-8+. The first-order valence-corrected chi connectivity index (χ1v) is 6.60. The average Bonchev–Trinajstić information content (AvgIpc) is 2.88. The van der Waals surface area contributed by atoms with Crippen LogP contribution >= 0.6 is 22.9 Å². The van der Waals surface area contributed by atoms with Gasteiger partial charge in [0.25, 0.3) is 0 Å². The topological polar surface area (TPSA) is 62.1 Å². The first kappa shape index (κ1) is 13.8. The molecule has 2 aromatic rings. The van der Waals surface area contributed by atoms with E-state index in [1.807, 2.05) is 17.5 Å². The molecule has 1 aromatic heterocycles. The number of thiophene rings is 1. The van der Waals surface area contributed by atoms with Crippen LogP contribution in [0.4, 0.5) is 11.4 Å². The maximum Gasteiger partial charge on any atom is 0.0838 e. The number of hydrogen-bond donors (Lipinski definition) is 1. The maximum atomic E-state index is 11.1. The molecule has 7 heteroatoms. The van der Waals surface area contributed by atoms with E-state index in [0.29, 0.717) is 10.7 Å². The molecule has 0 radical (unpaired) electrons. The zero-order valence-electron chi connectivity index (χ0n) is 10.0. The highest BCUT2D eigenvalue weighted by Gasteiger charge is 2.08. The van der Waals surface area contributed by atoms with Crippen LogP contribution in [0.3, 0.4) is 0 Å². The van der Waals surface area contributed by atoms with Crippen molar-refractivity contribution in [3.8, 4) is 0 Å². The number of anilines is 2. The van der Waals surface area contributed by atoms with Crippen molar-refractivity contribution in [2.24, 2.45) is 5.10 Å². The molecule has 0 spiro atoms. The second kappa shape index (κ2) is 6.03. The second-order valence-electron chi connectivity index (χ2n) is 3.69. The van der Waals surface area contributed by atoms with Crippen LogP contribution < -0.4 is 10.2 Å². The molecule has 1 aromatic carbocycles. The first-order chi connectivity index (χ1) is 9.08. The Bertz CT molecular complexity index is 572. The van der Waals surface area contributed by atoms with Crippen molar-refractivity contribution in [2.75, 3.05) is 17.3 Å². The number of nitrogens with zero attached hydrogens (tertiary/aromatic N) is 3. The molecular weight excluding hydrogens is 286 g/mol. The maximum absolute atomic E-state index is 11.1. The molecule has 0 saturated carbocycles. The van der Waals surface area contributed by atoms with Crippen molar-refractivity contribution >= 4 is 40.5 Å². The molecule has 0 amide bonds. The Morgan fingerprint density at radius 2 is 2.16 bits per heavy atom. The molecule has 0 bridgehead atoms. The van der Waals surface area contributed by atoms with Crippen molar-refractivity contribution in [1.82, 2.24) is 0 Å². The van der Waals surface area contributed by atoms with E-state index in [2.05, 4.69) is 5.10 Å². The highest BCUT2D eigenvalue weighted by molar-refractivity contribution is 7.11. The predicted octanol–water partition coefficient (Wildman–Crippen LogP) is 3.57. The van der Waals surface area contributed by atoms with E-state index in [1.165, 1.54) is 11.1 Å². The lowest BCUT2D eigenvalue weighted by Gasteiger charge is -2.27. The fourth-order valence-corrected chi connectivity index (χ4v) is 2.24. The molecule has 1 N–H and O–H groups in total. The van der Waals surface area contributed by atoms with E-state index in [-0.39, 0.29) is 10.9 Å². The Hall–Kier alpha value is -1.60. The molecule has 5 nitrogen and oxygen atoms in total. The first-order valence-electron chi connectivity index (χ1n) is 5.35. The zero-order chi connectivity index (χ0) is 13.8. The Balaban J connectivity index is 2.26. The summed E-state index contributed by atoms with van der Waals surface area (Å²) in [6.45, 7) is 0. The van der Waals surface area contributed by atoms with Crippen molar-refractivity contribution < 1.29 is 5.21 Å². The van der Waals surface area contributed by atoms with Crippen LogP contribution in [-0.4, -0.2) is 18.5 Å². The molecule has 0 aliphatic heterocycles. The fourth-order valence-electron chi connectivity index (χ4n) is 1.49. The largest absolute Gasteiger partial charge is 0.733 e. The van der Waals surface area contributed by atoms with Crippen LogP contribution in [-0.2, 0) is 0 Å². The molecule has 2 rings (SSSR count). The minimum absolute atomic E-state index is 0.0401. The third kappa shape index (κ3) is 3.45. The number of hydrazone groups is 1. The summed E-state index contributed by atoms with van der Waals surface area (Å²) >= 11 is 7.35. The normalized spacial score (nSPS) is 10.9. The Labute approximate surface area is 119 Å². The lowest BCUT2D eigenvalue weighted by molar-refractivity contribution is 0.296. The predicted molar refractivity (Wildman–Crippen MR) is 79.4 cm³/mol. The second-order valence-corrected chi connectivity index (χ2v) is 5.11. The van der Waals surface area contributed by atoms with E-state index < -0.39 is 0 Å². The van der Waals surface area contributed by atoms with E-state index in [9.17, 15) is 5.21 Å². The van der Waals surface area contributed by atoms with Crippen molar-refractivity contribution in [1.29, 1.82) is 0 Å². The highest BCUT2D eigenvalue weighted by atomic mass is 35.5. The number of hydrogen-bond acceptors (Lipinski definition) is 6. The number of halogens is 1. The lowest BCUT2D eigenvalue weighted by Crippen LogP contribution is -2.15. The van der Waals surface area contributed by atoms with Crippen LogP contribution in [0.2, 0.25) is 5.02 Å². The van der Waals surface area contributed by atoms with Gasteiger partial charge >= 0.3 is 0 Å². The minimum atomic E-state index is -0.224. The van der Waals surface area contributed by atoms with Crippen LogP contribution in [0.1, 0.15) is 4.88 Å². The fraction of sp³-hybridized carbons (Fsp3) is 0.0833.